The summed E-state index contributed by atoms with van der Waals surface area (Å²) in [6, 6.07) is 20.2. The number of benzene rings is 5. The standard InChI is InChI=1S/C66H92N2O4/c1-5-9-13-17-21-23-27-31-39-49(37-29-25-19-15-11-7-3)47-67-63(69)59-53-43-35-33-41-51(53)55-45-56-52-42-34-36-44-54(52)60-62(58(56)46-57(55)61(59)65(67)71)66(72)68(64(60)70)48-50(38-30-26-20-16-12-8-4)40-32-28-24-22-18-14-10-6-2/h33-36,41-46,49-50H,5-32,37-40,47-48H2,1-4H3. The first-order valence-electron chi connectivity index (χ1n) is 29.9. The summed E-state index contributed by atoms with van der Waals surface area (Å²) < 4.78 is 3.15. The van der Waals surface area contributed by atoms with E-state index in [0.717, 1.165) is 83.7 Å². The number of hydrogen-bond acceptors (Lipinski definition) is 4. The minimum absolute atomic E-state index is 0.203. The Labute approximate surface area is 432 Å². The normalized spacial score (nSPS) is 13.1. The summed E-state index contributed by atoms with van der Waals surface area (Å²) in [5.41, 5.74) is -0.861. The third-order valence-electron chi connectivity index (χ3n) is 16.8. The van der Waals surface area contributed by atoms with E-state index < -0.39 is 0 Å². The SMILES string of the molecule is CCCCCCCCCCC(CCCCCCCC)Cn1c(=O)c2c3ccccc3c3cc4c5ccccc5c5c(=O)n(CC(CCCCCCCC)CCCCCCCCCC)c(=O)c5c4cc3c2c1=O. The monoisotopic (exact) mass is 977 g/mol. The molecule has 0 bridgehead atoms. The van der Waals surface area contributed by atoms with Crippen molar-refractivity contribution in [2.45, 2.75) is 246 Å². The van der Waals surface area contributed by atoms with E-state index in [0.29, 0.717) is 45.4 Å². The highest BCUT2D eigenvalue weighted by Gasteiger charge is 2.26. The molecule has 6 heteroatoms. The van der Waals surface area contributed by atoms with Crippen LogP contribution < -0.4 is 22.2 Å². The Kier molecular flexibility index (Phi) is 22.0. The molecular weight excluding hydrogens is 885 g/mol. The van der Waals surface area contributed by atoms with E-state index in [1.165, 1.54) is 154 Å². The van der Waals surface area contributed by atoms with Gasteiger partial charge in [0.2, 0.25) is 0 Å². The minimum atomic E-state index is -0.228. The Morgan fingerprint density at radius 2 is 0.528 bits per heavy atom. The molecular formula is C66H92N2O4. The van der Waals surface area contributed by atoms with Crippen molar-refractivity contribution in [1.82, 2.24) is 9.13 Å². The molecule has 0 aliphatic heterocycles. The molecule has 0 spiro atoms. The lowest BCUT2D eigenvalue weighted by Gasteiger charge is -2.17. The summed E-state index contributed by atoms with van der Waals surface area (Å²) in [4.78, 5) is 60.1. The van der Waals surface area contributed by atoms with Crippen LogP contribution in [0.3, 0.4) is 0 Å². The molecule has 2 atom stereocenters. The van der Waals surface area contributed by atoms with Crippen LogP contribution in [-0.4, -0.2) is 9.13 Å². The molecule has 0 aliphatic rings. The summed E-state index contributed by atoms with van der Waals surface area (Å²) in [6.07, 6.45) is 38.8. The maximum Gasteiger partial charge on any atom is 0.262 e. The molecule has 2 aromatic heterocycles. The smallest absolute Gasteiger partial charge is 0.262 e. The summed E-state index contributed by atoms with van der Waals surface area (Å²) in [7, 11) is 0. The van der Waals surface area contributed by atoms with Crippen molar-refractivity contribution in [3.8, 4) is 0 Å². The van der Waals surface area contributed by atoms with E-state index in [-0.39, 0.29) is 34.1 Å². The predicted octanol–water partition coefficient (Wildman–Crippen LogP) is 18.3. The molecule has 390 valence electrons. The van der Waals surface area contributed by atoms with Crippen LogP contribution in [0.1, 0.15) is 233 Å². The molecule has 7 rings (SSSR count). The predicted molar refractivity (Wildman–Crippen MR) is 312 cm³/mol. The first-order chi connectivity index (χ1) is 35.3. The second kappa shape index (κ2) is 28.8. The van der Waals surface area contributed by atoms with E-state index in [1.54, 1.807) is 9.13 Å². The fourth-order valence-corrected chi connectivity index (χ4v) is 12.5. The van der Waals surface area contributed by atoms with Crippen molar-refractivity contribution >= 4 is 64.6 Å². The number of fused-ring (bicyclic) bond motifs is 12. The molecule has 0 fully saturated rings. The van der Waals surface area contributed by atoms with Gasteiger partial charge in [0.25, 0.3) is 22.2 Å². The fourth-order valence-electron chi connectivity index (χ4n) is 12.5. The van der Waals surface area contributed by atoms with Crippen molar-refractivity contribution in [2.24, 2.45) is 11.8 Å². The summed E-state index contributed by atoms with van der Waals surface area (Å²) >= 11 is 0. The average Bonchev–Trinajstić information content (AvgIpc) is 3.79. The molecule has 7 aromatic rings. The molecule has 6 nitrogen and oxygen atoms in total. The largest absolute Gasteiger partial charge is 0.274 e. The van der Waals surface area contributed by atoms with Gasteiger partial charge in [-0.15, -0.1) is 0 Å². The maximum atomic E-state index is 15.1. The van der Waals surface area contributed by atoms with Crippen molar-refractivity contribution in [1.29, 1.82) is 0 Å². The molecule has 0 N–H and O–H groups in total. The molecule has 2 unspecified atom stereocenters. The Balaban J connectivity index is 1.29. The summed E-state index contributed by atoms with van der Waals surface area (Å²) in [6.45, 7) is 9.91. The van der Waals surface area contributed by atoms with E-state index in [2.05, 4.69) is 45.9 Å². The Hall–Kier alpha value is -4.58. The molecule has 5 aromatic carbocycles. The zero-order chi connectivity index (χ0) is 50.7. The quantitative estimate of drug-likeness (QED) is 0.0223. The number of hydrogen-bond donors (Lipinski definition) is 0. The van der Waals surface area contributed by atoms with E-state index in [4.69, 9.17) is 0 Å². The van der Waals surface area contributed by atoms with E-state index in [1.807, 2.05) is 42.5 Å². The lowest BCUT2D eigenvalue weighted by Crippen LogP contribution is -2.29. The average molecular weight is 977 g/mol. The van der Waals surface area contributed by atoms with Gasteiger partial charge in [-0.1, -0.05) is 256 Å². The van der Waals surface area contributed by atoms with Gasteiger partial charge in [-0.3, -0.25) is 28.3 Å². The maximum absolute atomic E-state index is 15.1. The first kappa shape index (κ1) is 55.2. The number of aromatic nitrogens is 2. The number of unbranched alkanes of at least 4 members (excludes halogenated alkanes) is 24. The first-order valence-corrected chi connectivity index (χ1v) is 29.9. The van der Waals surface area contributed by atoms with Crippen molar-refractivity contribution in [3.05, 3.63) is 102 Å². The van der Waals surface area contributed by atoms with Crippen LogP contribution in [0.4, 0.5) is 0 Å². The van der Waals surface area contributed by atoms with Gasteiger partial charge in [0.05, 0.1) is 21.5 Å². The molecule has 0 aliphatic carbocycles. The highest BCUT2D eigenvalue weighted by molar-refractivity contribution is 6.32. The molecule has 0 saturated carbocycles. The van der Waals surface area contributed by atoms with Crippen LogP contribution in [0.2, 0.25) is 0 Å². The van der Waals surface area contributed by atoms with Gasteiger partial charge < -0.3 is 0 Å². The summed E-state index contributed by atoms with van der Waals surface area (Å²) in [5.74, 6) is 0.503. The fraction of sp³-hybridized carbons (Fsp3) is 0.606. The van der Waals surface area contributed by atoms with Gasteiger partial charge in [-0.2, -0.15) is 0 Å². The van der Waals surface area contributed by atoms with Crippen LogP contribution in [0.5, 0.6) is 0 Å². The zero-order valence-electron chi connectivity index (χ0n) is 45.5. The molecule has 0 amide bonds. The van der Waals surface area contributed by atoms with Crippen molar-refractivity contribution in [3.63, 3.8) is 0 Å². The molecule has 0 saturated heterocycles. The number of nitrogens with zero attached hydrogens (tertiary/aromatic N) is 2. The minimum Gasteiger partial charge on any atom is -0.274 e. The van der Waals surface area contributed by atoms with Crippen LogP contribution in [0, 0.1) is 11.8 Å². The number of rotatable bonds is 36. The highest BCUT2D eigenvalue weighted by Crippen LogP contribution is 2.40. The topological polar surface area (TPSA) is 78.1 Å². The van der Waals surface area contributed by atoms with Crippen LogP contribution in [0.15, 0.2) is 79.8 Å². The van der Waals surface area contributed by atoms with Gasteiger partial charge >= 0.3 is 0 Å². The van der Waals surface area contributed by atoms with E-state index in [9.17, 15) is 9.59 Å². The van der Waals surface area contributed by atoms with Crippen LogP contribution >= 0.6 is 0 Å². The molecule has 72 heavy (non-hydrogen) atoms. The van der Waals surface area contributed by atoms with Gasteiger partial charge in [0.15, 0.2) is 0 Å². The highest BCUT2D eigenvalue weighted by atomic mass is 16.2. The van der Waals surface area contributed by atoms with Crippen molar-refractivity contribution in [2.75, 3.05) is 0 Å². The lowest BCUT2D eigenvalue weighted by atomic mass is 9.90. The third kappa shape index (κ3) is 13.6. The van der Waals surface area contributed by atoms with Crippen LogP contribution in [0.25, 0.3) is 64.6 Å². The molecule has 0 radical (unpaired) electrons. The lowest BCUT2D eigenvalue weighted by molar-refractivity contribution is 0.351. The Morgan fingerprint density at radius 1 is 0.292 bits per heavy atom. The van der Waals surface area contributed by atoms with E-state index >= 15 is 9.59 Å². The Morgan fingerprint density at radius 3 is 0.819 bits per heavy atom. The second-order valence-electron chi connectivity index (χ2n) is 22.3. The van der Waals surface area contributed by atoms with Crippen LogP contribution in [-0.2, 0) is 13.1 Å². The van der Waals surface area contributed by atoms with Crippen molar-refractivity contribution < 1.29 is 0 Å². The van der Waals surface area contributed by atoms with Gasteiger partial charge in [-0.25, -0.2) is 0 Å². The summed E-state index contributed by atoms with van der Waals surface area (Å²) in [5, 5.41) is 8.46. The van der Waals surface area contributed by atoms with Gasteiger partial charge in [0.1, 0.15) is 0 Å². The second-order valence-corrected chi connectivity index (χ2v) is 22.3. The zero-order valence-corrected chi connectivity index (χ0v) is 45.5. The molecule has 2 heterocycles. The van der Waals surface area contributed by atoms with Gasteiger partial charge in [0, 0.05) is 13.1 Å². The third-order valence-corrected chi connectivity index (χ3v) is 16.8. The van der Waals surface area contributed by atoms with Gasteiger partial charge in [-0.05, 0) is 92.7 Å². The Bertz CT molecular complexity index is 2800.